The molecule has 4 heteroatoms. The summed E-state index contributed by atoms with van der Waals surface area (Å²) in [4.78, 5) is 17.0. The zero-order valence-electron chi connectivity index (χ0n) is 12.9. The molecular weight excluding hydrogens is 364 g/mol. The maximum Gasteiger partial charge on any atom is 0.231 e. The lowest BCUT2D eigenvalue weighted by Gasteiger charge is -2.03. The molecule has 0 amide bonds. The van der Waals surface area contributed by atoms with Gasteiger partial charge in [-0.2, -0.15) is 4.57 Å². The Bertz CT molecular complexity index is 1020. The predicted molar refractivity (Wildman–Crippen MR) is 90.2 cm³/mol. The topological polar surface area (TPSA) is 33.8 Å². The summed E-state index contributed by atoms with van der Waals surface area (Å²) in [5.41, 5.74) is 2.59. The Labute approximate surface area is 150 Å². The first-order valence-electron chi connectivity index (χ1n) is 7.56. The van der Waals surface area contributed by atoms with Gasteiger partial charge in [-0.25, -0.2) is 4.98 Å². The number of halogens is 1. The fraction of sp³-hybridized carbons (Fsp3) is 0.0500. The van der Waals surface area contributed by atoms with Gasteiger partial charge in [0.25, 0.3) is 0 Å². The van der Waals surface area contributed by atoms with Gasteiger partial charge in [0.05, 0.1) is 6.20 Å². The second-order valence-corrected chi connectivity index (χ2v) is 5.53. The van der Waals surface area contributed by atoms with Crippen molar-refractivity contribution in [2.45, 2.75) is 6.54 Å². The van der Waals surface area contributed by atoms with E-state index in [0.29, 0.717) is 6.54 Å². The SMILES string of the molecule is O=C(C[n+]1ccnc2ccccc21)c1ccc2ccccc2c1.[Br-]. The lowest BCUT2D eigenvalue weighted by molar-refractivity contribution is -0.657. The minimum atomic E-state index is 0. The summed E-state index contributed by atoms with van der Waals surface area (Å²) in [6.07, 6.45) is 3.58. The maximum atomic E-state index is 12.7. The molecule has 0 N–H and O–H groups in total. The molecule has 0 bridgehead atoms. The number of nitrogens with zero attached hydrogens (tertiary/aromatic N) is 2. The number of fused-ring (bicyclic) bond motifs is 2. The molecule has 4 aromatic rings. The van der Waals surface area contributed by atoms with Crippen molar-refractivity contribution in [3.05, 3.63) is 84.7 Å². The van der Waals surface area contributed by atoms with Crippen LogP contribution in [0.25, 0.3) is 21.8 Å². The number of carbonyl (C=O) groups is 1. The Morgan fingerprint density at radius 3 is 2.54 bits per heavy atom. The molecule has 0 fully saturated rings. The average molecular weight is 379 g/mol. The van der Waals surface area contributed by atoms with E-state index >= 15 is 0 Å². The highest BCUT2D eigenvalue weighted by Crippen LogP contribution is 2.16. The van der Waals surface area contributed by atoms with Crippen LogP contribution in [0.5, 0.6) is 0 Å². The number of carbonyl (C=O) groups excluding carboxylic acids is 1. The van der Waals surface area contributed by atoms with Gasteiger partial charge < -0.3 is 17.0 Å². The molecule has 1 heterocycles. The Morgan fingerprint density at radius 1 is 0.917 bits per heavy atom. The molecule has 0 aliphatic heterocycles. The summed E-state index contributed by atoms with van der Waals surface area (Å²) in [6, 6.07) is 21.8. The monoisotopic (exact) mass is 378 g/mol. The number of ketones is 1. The third-order valence-corrected chi connectivity index (χ3v) is 4.04. The standard InChI is InChI=1S/C20H15N2O.BrH/c23-20(17-10-9-15-5-1-2-6-16(15)13-17)14-22-12-11-21-18-7-3-4-8-19(18)22;/h1-13H,14H2;1H/q+1;/p-1. The number of hydrogen-bond acceptors (Lipinski definition) is 2. The quantitative estimate of drug-likeness (QED) is 0.385. The van der Waals surface area contributed by atoms with Crippen LogP contribution >= 0.6 is 0 Å². The van der Waals surface area contributed by atoms with Crippen LogP contribution in [-0.4, -0.2) is 10.8 Å². The van der Waals surface area contributed by atoms with E-state index in [4.69, 9.17) is 0 Å². The average Bonchev–Trinajstić information content (AvgIpc) is 2.61. The largest absolute Gasteiger partial charge is 1.00 e. The van der Waals surface area contributed by atoms with Crippen LogP contribution < -0.4 is 21.5 Å². The smallest absolute Gasteiger partial charge is 0.231 e. The lowest BCUT2D eigenvalue weighted by Crippen LogP contribution is -3.00. The highest BCUT2D eigenvalue weighted by atomic mass is 79.9. The van der Waals surface area contributed by atoms with Crippen molar-refractivity contribution in [2.75, 3.05) is 0 Å². The number of hydrogen-bond donors (Lipinski definition) is 0. The summed E-state index contributed by atoms with van der Waals surface area (Å²) in [7, 11) is 0. The fourth-order valence-corrected chi connectivity index (χ4v) is 2.84. The van der Waals surface area contributed by atoms with Crippen molar-refractivity contribution in [3.63, 3.8) is 0 Å². The zero-order valence-corrected chi connectivity index (χ0v) is 14.5. The molecule has 3 nitrogen and oxygen atoms in total. The van der Waals surface area contributed by atoms with Crippen molar-refractivity contribution in [2.24, 2.45) is 0 Å². The van der Waals surface area contributed by atoms with Gasteiger partial charge in [0, 0.05) is 11.6 Å². The minimum absolute atomic E-state index is 0. The van der Waals surface area contributed by atoms with Crippen LogP contribution in [0.1, 0.15) is 10.4 Å². The molecule has 24 heavy (non-hydrogen) atoms. The number of para-hydroxylation sites is 2. The molecule has 0 radical (unpaired) electrons. The molecule has 0 atom stereocenters. The third-order valence-electron chi connectivity index (χ3n) is 4.04. The summed E-state index contributed by atoms with van der Waals surface area (Å²) in [6.45, 7) is 0.307. The van der Waals surface area contributed by atoms with Gasteiger partial charge in [0.1, 0.15) is 5.52 Å². The predicted octanol–water partition coefficient (Wildman–Crippen LogP) is 0.562. The molecular formula is C20H15BrN2O. The van der Waals surface area contributed by atoms with Crippen LogP contribution in [0.15, 0.2) is 79.1 Å². The second kappa shape index (κ2) is 6.89. The molecule has 0 saturated heterocycles. The molecule has 0 aliphatic carbocycles. The molecule has 3 aromatic carbocycles. The van der Waals surface area contributed by atoms with Crippen molar-refractivity contribution in [3.8, 4) is 0 Å². The second-order valence-electron chi connectivity index (χ2n) is 5.53. The van der Waals surface area contributed by atoms with Gasteiger partial charge in [-0.05, 0) is 22.9 Å². The third kappa shape index (κ3) is 3.05. The first kappa shape index (κ1) is 16.3. The van der Waals surface area contributed by atoms with Crippen molar-refractivity contribution in [1.29, 1.82) is 0 Å². The van der Waals surface area contributed by atoms with Gasteiger partial charge in [-0.3, -0.25) is 4.79 Å². The Kier molecular flexibility index (Phi) is 4.67. The van der Waals surface area contributed by atoms with Crippen LogP contribution in [0.3, 0.4) is 0 Å². The van der Waals surface area contributed by atoms with E-state index in [-0.39, 0.29) is 22.8 Å². The minimum Gasteiger partial charge on any atom is -1.00 e. The van der Waals surface area contributed by atoms with Crippen LogP contribution in [-0.2, 0) is 6.54 Å². The maximum absolute atomic E-state index is 12.7. The number of rotatable bonds is 3. The van der Waals surface area contributed by atoms with Gasteiger partial charge in [-0.15, -0.1) is 0 Å². The molecule has 118 valence electrons. The lowest BCUT2D eigenvalue weighted by atomic mass is 10.0. The van der Waals surface area contributed by atoms with Crippen LogP contribution in [0, 0.1) is 0 Å². The van der Waals surface area contributed by atoms with Crippen molar-refractivity contribution in [1.82, 2.24) is 4.98 Å². The Balaban J connectivity index is 0.00000169. The first-order chi connectivity index (χ1) is 11.3. The summed E-state index contributed by atoms with van der Waals surface area (Å²) < 4.78 is 1.94. The van der Waals surface area contributed by atoms with E-state index in [0.717, 1.165) is 27.4 Å². The fourth-order valence-electron chi connectivity index (χ4n) is 2.84. The molecule has 1 aromatic heterocycles. The van der Waals surface area contributed by atoms with Gasteiger partial charge >= 0.3 is 0 Å². The molecule has 4 rings (SSSR count). The van der Waals surface area contributed by atoms with E-state index in [1.54, 1.807) is 6.20 Å². The highest BCUT2D eigenvalue weighted by molar-refractivity contribution is 5.99. The number of benzene rings is 3. The van der Waals surface area contributed by atoms with E-state index < -0.39 is 0 Å². The van der Waals surface area contributed by atoms with Crippen LogP contribution in [0.2, 0.25) is 0 Å². The van der Waals surface area contributed by atoms with Crippen LogP contribution in [0.4, 0.5) is 0 Å². The van der Waals surface area contributed by atoms with Crippen molar-refractivity contribution >= 4 is 27.6 Å². The zero-order chi connectivity index (χ0) is 15.6. The number of aromatic nitrogens is 2. The summed E-state index contributed by atoms with van der Waals surface area (Å²) >= 11 is 0. The molecule has 0 aliphatic rings. The van der Waals surface area contributed by atoms with E-state index in [1.165, 1.54) is 0 Å². The van der Waals surface area contributed by atoms with E-state index in [1.807, 2.05) is 71.4 Å². The molecule has 0 saturated carbocycles. The molecule has 0 spiro atoms. The first-order valence-corrected chi connectivity index (χ1v) is 7.56. The number of Topliss-reactive ketones (excluding diaryl/α,β-unsaturated/α-hetero) is 1. The summed E-state index contributed by atoms with van der Waals surface area (Å²) in [5.74, 6) is 0.0945. The van der Waals surface area contributed by atoms with Gasteiger partial charge in [-0.1, -0.05) is 48.5 Å². The Hall–Kier alpha value is -2.59. The Morgan fingerprint density at radius 2 is 1.67 bits per heavy atom. The highest BCUT2D eigenvalue weighted by Gasteiger charge is 2.15. The van der Waals surface area contributed by atoms with Gasteiger partial charge in [0.2, 0.25) is 17.8 Å². The van der Waals surface area contributed by atoms with E-state index in [2.05, 4.69) is 11.1 Å². The van der Waals surface area contributed by atoms with Gasteiger partial charge in [0.15, 0.2) is 6.20 Å². The van der Waals surface area contributed by atoms with E-state index in [9.17, 15) is 4.79 Å². The van der Waals surface area contributed by atoms with Crippen molar-refractivity contribution < 1.29 is 26.3 Å². The summed E-state index contributed by atoms with van der Waals surface area (Å²) in [5, 5.41) is 2.23. The molecule has 0 unspecified atom stereocenters. The normalized spacial score (nSPS) is 10.5.